The van der Waals surface area contributed by atoms with Gasteiger partial charge in [-0.3, -0.25) is 4.79 Å². The molecule has 2 aromatic carbocycles. The largest absolute Gasteiger partial charge is 0.457 e. The lowest BCUT2D eigenvalue weighted by atomic mass is 9.68. The van der Waals surface area contributed by atoms with Crippen molar-refractivity contribution in [2.45, 2.75) is 60.0 Å². The van der Waals surface area contributed by atoms with Gasteiger partial charge >= 0.3 is 5.97 Å². The van der Waals surface area contributed by atoms with Crippen molar-refractivity contribution in [3.05, 3.63) is 88.3 Å². The number of hydrogen-bond donors (Lipinski definition) is 1. The van der Waals surface area contributed by atoms with Gasteiger partial charge in [0, 0.05) is 48.1 Å². The maximum atomic E-state index is 13.5. The van der Waals surface area contributed by atoms with Gasteiger partial charge in [-0.05, 0) is 55.9 Å². The number of rotatable bonds is 7. The number of allylic oxidation sites excluding steroid dienone is 3. The fourth-order valence-corrected chi connectivity index (χ4v) is 5.31. The fourth-order valence-electron chi connectivity index (χ4n) is 5.31. The van der Waals surface area contributed by atoms with Gasteiger partial charge in [0.25, 0.3) is 0 Å². The maximum absolute atomic E-state index is 13.5. The summed E-state index contributed by atoms with van der Waals surface area (Å²) in [6.45, 7) is 12.4. The van der Waals surface area contributed by atoms with E-state index in [9.17, 15) is 9.59 Å². The molecule has 0 aromatic heterocycles. The van der Waals surface area contributed by atoms with Gasteiger partial charge in [0.15, 0.2) is 5.78 Å². The molecule has 0 unspecified atom stereocenters. The highest BCUT2D eigenvalue weighted by Gasteiger charge is 2.43. The molecular weight excluding hydrogens is 436 g/mol. The number of carbonyl (C=O) groups is 2. The van der Waals surface area contributed by atoms with Crippen molar-refractivity contribution in [1.82, 2.24) is 5.32 Å². The summed E-state index contributed by atoms with van der Waals surface area (Å²) in [6, 6.07) is 17.9. The number of nitrogens with one attached hydrogen (secondary N) is 1. The summed E-state index contributed by atoms with van der Waals surface area (Å²) < 4.78 is 5.76. The molecule has 2 aliphatic rings. The zero-order valence-corrected chi connectivity index (χ0v) is 21.5. The van der Waals surface area contributed by atoms with Crippen molar-refractivity contribution in [2.24, 2.45) is 5.41 Å². The minimum atomic E-state index is -0.441. The summed E-state index contributed by atoms with van der Waals surface area (Å²) in [4.78, 5) is 29.2. The summed E-state index contributed by atoms with van der Waals surface area (Å²) >= 11 is 0. The second kappa shape index (κ2) is 10.1. The molecule has 1 heterocycles. The molecule has 1 aliphatic carbocycles. The van der Waals surface area contributed by atoms with Gasteiger partial charge in [0.2, 0.25) is 0 Å². The average Bonchev–Trinajstić information content (AvgIpc) is 2.83. The molecule has 1 atom stereocenters. The fraction of sp³-hybridized carbons (Fsp3) is 0.400. The van der Waals surface area contributed by atoms with E-state index in [1.807, 2.05) is 37.3 Å². The van der Waals surface area contributed by atoms with Gasteiger partial charge in [-0.15, -0.1) is 0 Å². The van der Waals surface area contributed by atoms with Gasteiger partial charge in [-0.25, -0.2) is 4.79 Å². The summed E-state index contributed by atoms with van der Waals surface area (Å²) in [5, 5.41) is 3.41. The quantitative estimate of drug-likeness (QED) is 0.510. The number of esters is 1. The van der Waals surface area contributed by atoms with Crippen LogP contribution >= 0.6 is 0 Å². The zero-order chi connectivity index (χ0) is 25.2. The number of dihydropyridines is 1. The van der Waals surface area contributed by atoms with Crippen LogP contribution in [0.3, 0.4) is 0 Å². The molecule has 2 aromatic rings. The van der Waals surface area contributed by atoms with Crippen LogP contribution in [0.25, 0.3) is 0 Å². The summed E-state index contributed by atoms with van der Waals surface area (Å²) in [5.74, 6) is -0.729. The maximum Gasteiger partial charge on any atom is 0.337 e. The van der Waals surface area contributed by atoms with Crippen molar-refractivity contribution < 1.29 is 14.3 Å². The third-order valence-corrected chi connectivity index (χ3v) is 7.03. The van der Waals surface area contributed by atoms with Crippen LogP contribution in [0.5, 0.6) is 0 Å². The third kappa shape index (κ3) is 5.19. The second-order valence-corrected chi connectivity index (χ2v) is 10.3. The minimum Gasteiger partial charge on any atom is -0.457 e. The summed E-state index contributed by atoms with van der Waals surface area (Å²) in [6.07, 6.45) is 1.23. The number of carbonyl (C=O) groups excluding carboxylic acids is 2. The summed E-state index contributed by atoms with van der Waals surface area (Å²) in [5.41, 5.74) is 5.79. The predicted molar refractivity (Wildman–Crippen MR) is 140 cm³/mol. The van der Waals surface area contributed by atoms with Crippen LogP contribution in [-0.4, -0.2) is 24.8 Å². The SMILES string of the molecule is CCN(CC)c1ccc([C@@H]2C(C(=O)OCc3ccccc3)=C(C)NC3=C2C(=O)CC(C)(C)C3)cc1. The second-order valence-electron chi connectivity index (χ2n) is 10.3. The Morgan fingerprint density at radius 1 is 1.03 bits per heavy atom. The first-order valence-electron chi connectivity index (χ1n) is 12.5. The Morgan fingerprint density at radius 2 is 1.69 bits per heavy atom. The number of ether oxygens (including phenoxy) is 1. The number of ketones is 1. The van der Waals surface area contributed by atoms with Crippen LogP contribution in [0.4, 0.5) is 5.69 Å². The van der Waals surface area contributed by atoms with Crippen LogP contribution in [-0.2, 0) is 20.9 Å². The van der Waals surface area contributed by atoms with Gasteiger partial charge in [-0.1, -0.05) is 56.3 Å². The summed E-state index contributed by atoms with van der Waals surface area (Å²) in [7, 11) is 0. The van der Waals surface area contributed by atoms with E-state index in [-0.39, 0.29) is 23.8 Å². The highest BCUT2D eigenvalue weighted by atomic mass is 16.5. The van der Waals surface area contributed by atoms with Crippen molar-refractivity contribution in [2.75, 3.05) is 18.0 Å². The monoisotopic (exact) mass is 472 g/mol. The first-order valence-corrected chi connectivity index (χ1v) is 12.5. The molecule has 1 N–H and O–H groups in total. The lowest BCUT2D eigenvalue weighted by Crippen LogP contribution is -2.38. The number of benzene rings is 2. The van der Waals surface area contributed by atoms with E-state index in [4.69, 9.17) is 4.74 Å². The zero-order valence-electron chi connectivity index (χ0n) is 21.5. The molecule has 35 heavy (non-hydrogen) atoms. The van der Waals surface area contributed by atoms with E-state index in [1.165, 1.54) is 0 Å². The van der Waals surface area contributed by atoms with E-state index in [2.05, 4.69) is 62.2 Å². The Morgan fingerprint density at radius 3 is 2.31 bits per heavy atom. The third-order valence-electron chi connectivity index (χ3n) is 7.03. The Hall–Kier alpha value is -3.34. The normalized spacial score (nSPS) is 19.2. The van der Waals surface area contributed by atoms with Crippen LogP contribution in [0.15, 0.2) is 77.1 Å². The van der Waals surface area contributed by atoms with Crippen molar-refractivity contribution in [3.63, 3.8) is 0 Å². The van der Waals surface area contributed by atoms with E-state index in [0.29, 0.717) is 17.6 Å². The molecular formula is C30H36N2O3. The van der Waals surface area contributed by atoms with E-state index >= 15 is 0 Å². The van der Waals surface area contributed by atoms with Crippen molar-refractivity contribution in [1.29, 1.82) is 0 Å². The van der Waals surface area contributed by atoms with Crippen LogP contribution in [0.2, 0.25) is 0 Å². The molecule has 0 saturated heterocycles. The highest BCUT2D eigenvalue weighted by Crippen LogP contribution is 2.47. The molecule has 1 aliphatic heterocycles. The molecule has 5 nitrogen and oxygen atoms in total. The van der Waals surface area contributed by atoms with Crippen molar-refractivity contribution >= 4 is 17.4 Å². The molecule has 0 amide bonds. The Kier molecular flexibility index (Phi) is 7.15. The number of hydrogen-bond acceptors (Lipinski definition) is 5. The Labute approximate surface area is 208 Å². The van der Waals surface area contributed by atoms with Gasteiger partial charge in [0.05, 0.1) is 5.57 Å². The smallest absolute Gasteiger partial charge is 0.337 e. The first-order chi connectivity index (χ1) is 16.7. The van der Waals surface area contributed by atoms with Crippen molar-refractivity contribution in [3.8, 4) is 0 Å². The topological polar surface area (TPSA) is 58.6 Å². The van der Waals surface area contributed by atoms with Crippen LogP contribution in [0, 0.1) is 5.41 Å². The molecule has 0 bridgehead atoms. The van der Waals surface area contributed by atoms with Gasteiger partial charge < -0.3 is 15.0 Å². The van der Waals surface area contributed by atoms with Crippen LogP contribution in [0.1, 0.15) is 64.5 Å². The van der Waals surface area contributed by atoms with E-state index in [1.54, 1.807) is 0 Å². The molecule has 0 spiro atoms. The molecule has 0 fully saturated rings. The van der Waals surface area contributed by atoms with E-state index < -0.39 is 5.92 Å². The predicted octanol–water partition coefficient (Wildman–Crippen LogP) is 5.88. The number of nitrogens with zero attached hydrogens (tertiary/aromatic N) is 1. The van der Waals surface area contributed by atoms with Gasteiger partial charge in [0.1, 0.15) is 6.61 Å². The van der Waals surface area contributed by atoms with E-state index in [0.717, 1.165) is 47.7 Å². The van der Waals surface area contributed by atoms with Gasteiger partial charge in [-0.2, -0.15) is 0 Å². The average molecular weight is 473 g/mol. The molecule has 0 saturated carbocycles. The molecule has 5 heteroatoms. The Bertz CT molecular complexity index is 1160. The standard InChI is InChI=1S/C30H36N2O3/c1-6-32(7-2)23-15-13-22(14-16-23)27-26(29(34)35-19-21-11-9-8-10-12-21)20(3)31-24-17-30(4,5)18-25(33)28(24)27/h8-16,27,31H,6-7,17-19H2,1-5H3/t27-/m1/s1. The lowest BCUT2D eigenvalue weighted by Gasteiger charge is -2.39. The molecule has 0 radical (unpaired) electrons. The highest BCUT2D eigenvalue weighted by molar-refractivity contribution is 6.04. The molecule has 4 rings (SSSR count). The number of Topliss-reactive ketones (excluding diaryl/α,β-unsaturated/α-hetero) is 1. The molecule has 184 valence electrons. The minimum absolute atomic E-state index is 0.0995. The number of anilines is 1. The Balaban J connectivity index is 1.73. The lowest BCUT2D eigenvalue weighted by molar-refractivity contribution is -0.140. The first kappa shape index (κ1) is 24.8. The van der Waals surface area contributed by atoms with Crippen LogP contribution < -0.4 is 10.2 Å².